The molecule has 0 spiro atoms. The second-order valence-electron chi connectivity index (χ2n) is 2.79. The van der Waals surface area contributed by atoms with Gasteiger partial charge in [-0.1, -0.05) is 0 Å². The summed E-state index contributed by atoms with van der Waals surface area (Å²) >= 11 is 0. The van der Waals surface area contributed by atoms with Crippen LogP contribution < -0.4 is 5.73 Å². The Labute approximate surface area is 56.3 Å². The van der Waals surface area contributed by atoms with E-state index in [1.165, 1.54) is 0 Å². The van der Waals surface area contributed by atoms with Gasteiger partial charge in [0.1, 0.15) is 0 Å². The Hall–Kier alpha value is -0.353. The monoisotopic (exact) mass is 147 g/mol. The van der Waals surface area contributed by atoms with Crippen molar-refractivity contribution >= 4 is 14.3 Å². The molecule has 0 amide bonds. The second-order valence-corrected chi connectivity index (χ2v) is 7.22. The third-order valence-corrected chi connectivity index (χ3v) is 1.43. The van der Waals surface area contributed by atoms with E-state index in [1.807, 2.05) is 19.6 Å². The number of rotatable bonds is 2. The maximum Gasteiger partial charge on any atom is 0.306 e. The summed E-state index contributed by atoms with van der Waals surface area (Å²) in [4.78, 5) is 10.5. The Morgan fingerprint density at radius 3 is 2.11 bits per heavy atom. The van der Waals surface area contributed by atoms with Crippen LogP contribution in [0.5, 0.6) is 0 Å². The number of hydrogen-bond acceptors (Lipinski definition) is 3. The standard InChI is InChI=1S/C5H13NO2Si/c1-9(2,3)8-5(7)4-6/h4,6H2,1-3H3. The van der Waals surface area contributed by atoms with Crippen LogP contribution in [0.4, 0.5) is 0 Å². The molecule has 0 saturated carbocycles. The van der Waals surface area contributed by atoms with Crippen molar-refractivity contribution in [1.82, 2.24) is 0 Å². The van der Waals surface area contributed by atoms with Gasteiger partial charge >= 0.3 is 5.97 Å². The average molecular weight is 147 g/mol. The van der Waals surface area contributed by atoms with Crippen LogP contribution in [-0.4, -0.2) is 20.8 Å². The molecule has 0 rings (SSSR count). The maximum atomic E-state index is 10.5. The molecular formula is C5H13NO2Si. The average Bonchev–Trinajstić information content (AvgIpc) is 1.62. The van der Waals surface area contributed by atoms with Crippen LogP contribution in [0.15, 0.2) is 0 Å². The summed E-state index contributed by atoms with van der Waals surface area (Å²) in [5.41, 5.74) is 5.03. The third kappa shape index (κ3) is 5.52. The fraction of sp³-hybridized carbons (Fsp3) is 0.800. The minimum atomic E-state index is -1.67. The molecule has 0 fully saturated rings. The molecule has 0 heterocycles. The number of carbonyl (C=O) groups is 1. The van der Waals surface area contributed by atoms with Crippen molar-refractivity contribution in [3.05, 3.63) is 0 Å². The van der Waals surface area contributed by atoms with E-state index in [4.69, 9.17) is 10.2 Å². The van der Waals surface area contributed by atoms with E-state index in [2.05, 4.69) is 0 Å². The molecule has 0 aliphatic carbocycles. The Morgan fingerprint density at radius 2 is 2.00 bits per heavy atom. The molecule has 0 aliphatic heterocycles. The quantitative estimate of drug-likeness (QED) is 0.572. The lowest BCUT2D eigenvalue weighted by Gasteiger charge is -2.15. The van der Waals surface area contributed by atoms with Crippen molar-refractivity contribution in [3.63, 3.8) is 0 Å². The molecule has 54 valence electrons. The van der Waals surface area contributed by atoms with Crippen molar-refractivity contribution in [2.24, 2.45) is 5.73 Å². The van der Waals surface area contributed by atoms with E-state index in [9.17, 15) is 4.79 Å². The van der Waals surface area contributed by atoms with E-state index >= 15 is 0 Å². The van der Waals surface area contributed by atoms with Gasteiger partial charge in [-0.15, -0.1) is 0 Å². The summed E-state index contributed by atoms with van der Waals surface area (Å²) in [5.74, 6) is -0.297. The lowest BCUT2D eigenvalue weighted by molar-refractivity contribution is -0.133. The molecule has 0 bridgehead atoms. The smallest absolute Gasteiger partial charge is 0.306 e. The maximum absolute atomic E-state index is 10.5. The molecule has 2 N–H and O–H groups in total. The topological polar surface area (TPSA) is 52.3 Å². The second kappa shape index (κ2) is 2.98. The molecule has 0 aromatic carbocycles. The summed E-state index contributed by atoms with van der Waals surface area (Å²) < 4.78 is 4.96. The number of carbonyl (C=O) groups excluding carboxylic acids is 1. The number of nitrogens with two attached hydrogens (primary N) is 1. The summed E-state index contributed by atoms with van der Waals surface area (Å²) in [6, 6.07) is 0. The van der Waals surface area contributed by atoms with Gasteiger partial charge in [-0.2, -0.15) is 0 Å². The first-order valence-corrected chi connectivity index (χ1v) is 6.28. The van der Waals surface area contributed by atoms with Gasteiger partial charge in [-0.25, -0.2) is 0 Å². The zero-order valence-corrected chi connectivity index (χ0v) is 7.10. The molecule has 0 aliphatic rings. The molecule has 0 radical (unpaired) electrons. The van der Waals surface area contributed by atoms with Crippen molar-refractivity contribution < 1.29 is 9.22 Å². The molecule has 3 nitrogen and oxygen atoms in total. The minimum Gasteiger partial charge on any atom is -0.519 e. The van der Waals surface area contributed by atoms with Crippen LogP contribution in [0, 0.1) is 0 Å². The van der Waals surface area contributed by atoms with E-state index in [0.717, 1.165) is 0 Å². The third-order valence-electron chi connectivity index (χ3n) is 0.587. The fourth-order valence-electron chi connectivity index (χ4n) is 0.383. The molecule has 0 unspecified atom stereocenters. The van der Waals surface area contributed by atoms with Crippen molar-refractivity contribution in [2.75, 3.05) is 6.54 Å². The van der Waals surface area contributed by atoms with Crippen LogP contribution >= 0.6 is 0 Å². The molecule has 0 aromatic rings. The highest BCUT2D eigenvalue weighted by atomic mass is 28.4. The van der Waals surface area contributed by atoms with Crippen LogP contribution in [0.1, 0.15) is 0 Å². The lowest BCUT2D eigenvalue weighted by Crippen LogP contribution is -2.32. The fourth-order valence-corrected chi connectivity index (χ4v) is 1.15. The van der Waals surface area contributed by atoms with Gasteiger partial charge in [0.2, 0.25) is 8.32 Å². The molecule has 9 heavy (non-hydrogen) atoms. The number of hydrogen-bond donors (Lipinski definition) is 1. The van der Waals surface area contributed by atoms with E-state index in [0.29, 0.717) is 0 Å². The Balaban J connectivity index is 3.60. The summed E-state index contributed by atoms with van der Waals surface area (Å²) in [6.07, 6.45) is 0. The van der Waals surface area contributed by atoms with Crippen molar-refractivity contribution in [3.8, 4) is 0 Å². The Bertz CT molecular complexity index is 108. The van der Waals surface area contributed by atoms with Crippen LogP contribution in [-0.2, 0) is 9.22 Å². The highest BCUT2D eigenvalue weighted by molar-refractivity contribution is 6.71. The molecular weight excluding hydrogens is 134 g/mol. The van der Waals surface area contributed by atoms with Gasteiger partial charge in [0, 0.05) is 0 Å². The van der Waals surface area contributed by atoms with Gasteiger partial charge in [-0.3, -0.25) is 4.79 Å². The van der Waals surface area contributed by atoms with Gasteiger partial charge in [0.15, 0.2) is 0 Å². The van der Waals surface area contributed by atoms with Gasteiger partial charge in [0.25, 0.3) is 0 Å². The van der Waals surface area contributed by atoms with E-state index in [-0.39, 0.29) is 12.5 Å². The Kier molecular flexibility index (Phi) is 2.86. The van der Waals surface area contributed by atoms with Gasteiger partial charge < -0.3 is 10.2 Å². The van der Waals surface area contributed by atoms with Crippen LogP contribution in [0.3, 0.4) is 0 Å². The normalized spacial score (nSPS) is 11.1. The van der Waals surface area contributed by atoms with Gasteiger partial charge in [-0.05, 0) is 19.6 Å². The summed E-state index contributed by atoms with van der Waals surface area (Å²) in [7, 11) is -1.67. The molecule has 4 heteroatoms. The molecule has 0 saturated heterocycles. The van der Waals surface area contributed by atoms with E-state index in [1.54, 1.807) is 0 Å². The first-order chi connectivity index (χ1) is 3.95. The highest BCUT2D eigenvalue weighted by Gasteiger charge is 2.18. The Morgan fingerprint density at radius 1 is 1.56 bits per heavy atom. The zero-order valence-electron chi connectivity index (χ0n) is 6.10. The first-order valence-electron chi connectivity index (χ1n) is 2.87. The lowest BCUT2D eigenvalue weighted by atomic mass is 10.7. The largest absolute Gasteiger partial charge is 0.519 e. The van der Waals surface area contributed by atoms with Crippen LogP contribution in [0.25, 0.3) is 0 Å². The zero-order chi connectivity index (χ0) is 7.49. The SMILES string of the molecule is C[Si](C)(C)OC(=O)CN. The highest BCUT2D eigenvalue weighted by Crippen LogP contribution is 2.01. The predicted octanol–water partition coefficient (Wildman–Crippen LogP) is 0.323. The first kappa shape index (κ1) is 8.65. The van der Waals surface area contributed by atoms with Gasteiger partial charge in [0.05, 0.1) is 6.54 Å². The van der Waals surface area contributed by atoms with Crippen LogP contribution in [0.2, 0.25) is 19.6 Å². The van der Waals surface area contributed by atoms with E-state index < -0.39 is 8.32 Å². The molecule has 0 atom stereocenters. The predicted molar refractivity (Wildman–Crippen MR) is 38.5 cm³/mol. The van der Waals surface area contributed by atoms with Crippen molar-refractivity contribution in [1.29, 1.82) is 0 Å². The summed E-state index contributed by atoms with van der Waals surface area (Å²) in [5, 5.41) is 0. The minimum absolute atomic E-state index is 0.00965. The van der Waals surface area contributed by atoms with Crippen molar-refractivity contribution in [2.45, 2.75) is 19.6 Å². The summed E-state index contributed by atoms with van der Waals surface area (Å²) in [6.45, 7) is 5.83. The molecule has 0 aromatic heterocycles.